The fourth-order valence-corrected chi connectivity index (χ4v) is 9.02. The first-order chi connectivity index (χ1) is 35.6. The van der Waals surface area contributed by atoms with Crippen LogP contribution in [0.1, 0.15) is 82.9 Å². The molecular weight excluding hydrogens is 991 g/mol. The van der Waals surface area contributed by atoms with Gasteiger partial charge < -0.3 is 69.3 Å². The van der Waals surface area contributed by atoms with E-state index in [1.54, 1.807) is 69.5 Å². The van der Waals surface area contributed by atoms with E-state index < -0.39 is 120 Å². The number of carbonyl (C=O) groups is 9. The lowest BCUT2D eigenvalue weighted by atomic mass is 9.96. The number of nitrogens with two attached hydrogens (primary N) is 3. The number of nitrogens with zero attached hydrogens (tertiary/aromatic N) is 2. The molecule has 0 radical (unpaired) electrons. The lowest BCUT2D eigenvalue weighted by molar-refractivity contribution is -0.145. The Labute approximate surface area is 439 Å². The predicted octanol–water partition coefficient (Wildman–Crippen LogP) is 0.0237. The number of thiophene rings is 1. The summed E-state index contributed by atoms with van der Waals surface area (Å²) < 4.78 is 0. The van der Waals surface area contributed by atoms with Crippen molar-refractivity contribution in [2.75, 3.05) is 13.1 Å². The number of hydrogen-bond donors (Lipinski definition) is 12. The van der Waals surface area contributed by atoms with Crippen LogP contribution < -0.4 is 49.1 Å². The van der Waals surface area contributed by atoms with Crippen molar-refractivity contribution in [3.05, 3.63) is 88.1 Å². The van der Waals surface area contributed by atoms with Gasteiger partial charge in [0, 0.05) is 32.4 Å². The molecule has 1 aliphatic heterocycles. The third-order valence-electron chi connectivity index (χ3n) is 12.7. The molecule has 1 aliphatic rings. The highest BCUT2D eigenvalue weighted by atomic mass is 32.1. The standard InChI is InChI=1S/C51H71N11O12S/c1-5-29(4)42(48(71)58-37(25-32-19-22-75-27-32)49(72)62-21-10-14-39(62)46(69)59-38(50(73)74)24-30-11-7-6-8-12-30)61-45(68)36(23-31-15-17-33(63)18-16-31)57-47(70)41(28(2)3)60-44(67)35(13-9-20-55-51(53)54)56-43(66)34(52)26-40(64)65/h6-8,11-12,15-19,22,27-29,34-39,41-42,63H,5,9-10,13-14,20-21,23-26,52H2,1-4H3,(H,56,66)(H,57,70)(H,58,71)(H,59,69)(H,60,67)(H,61,68)(H,64,65)(H,73,74)(H4,53,54,55)/t29-,34-,35-,36-,37-,38-,39-,41-,42-/m0/s1. The Morgan fingerprint density at radius 3 is 1.89 bits per heavy atom. The van der Waals surface area contributed by atoms with E-state index in [4.69, 9.17) is 17.2 Å². The maximum Gasteiger partial charge on any atom is 0.326 e. The number of nitrogens with one attached hydrogen (secondary N) is 6. The Kier molecular flexibility index (Phi) is 23.4. The zero-order valence-electron chi connectivity index (χ0n) is 42.5. The van der Waals surface area contributed by atoms with Crippen LogP contribution in [0.2, 0.25) is 0 Å². The summed E-state index contributed by atoms with van der Waals surface area (Å²) >= 11 is 1.37. The molecule has 75 heavy (non-hydrogen) atoms. The molecule has 2 heterocycles. The van der Waals surface area contributed by atoms with Crippen LogP contribution in [0, 0.1) is 11.8 Å². The molecule has 9 atom stereocenters. The van der Waals surface area contributed by atoms with Crippen LogP contribution in [0.25, 0.3) is 0 Å². The average Bonchev–Trinajstić information content (AvgIpc) is 4.08. The molecule has 0 unspecified atom stereocenters. The number of amides is 7. The fraction of sp³-hybridized carbons (Fsp3) is 0.490. The number of phenols is 1. The topological polar surface area (TPSA) is 380 Å². The third-order valence-corrected chi connectivity index (χ3v) is 13.5. The average molecular weight is 1060 g/mol. The fourth-order valence-electron chi connectivity index (χ4n) is 8.34. The number of benzene rings is 2. The molecule has 24 heteroatoms. The lowest BCUT2D eigenvalue weighted by Crippen LogP contribution is -2.62. The van der Waals surface area contributed by atoms with E-state index in [0.29, 0.717) is 29.5 Å². The molecule has 0 saturated carbocycles. The van der Waals surface area contributed by atoms with Crippen LogP contribution in [0.3, 0.4) is 0 Å². The number of rotatable bonds is 29. The maximum atomic E-state index is 14.6. The SMILES string of the molecule is CC[C@H](C)[C@H](NC(=O)[C@H](Cc1ccc(O)cc1)NC(=O)[C@@H](NC(=O)[C@H](CCCN=C(N)N)NC(=O)[C@@H](N)CC(=O)O)C(C)C)C(=O)N[C@@H](Cc1ccsc1)C(=O)N1CCC[C@H]1C(=O)N[C@@H](Cc1ccccc1)C(=O)O. The molecule has 0 aliphatic carbocycles. The number of aliphatic imine (C=N–C) groups is 1. The number of guanidine groups is 1. The Morgan fingerprint density at radius 1 is 0.707 bits per heavy atom. The molecular formula is C51H71N11O12S. The van der Waals surface area contributed by atoms with E-state index in [1.165, 1.54) is 40.5 Å². The van der Waals surface area contributed by atoms with Crippen molar-refractivity contribution in [2.45, 2.75) is 134 Å². The number of aliphatic carboxylic acids is 2. The highest BCUT2D eigenvalue weighted by Crippen LogP contribution is 2.22. The maximum absolute atomic E-state index is 14.6. The van der Waals surface area contributed by atoms with E-state index in [1.807, 2.05) is 5.38 Å². The minimum absolute atomic E-state index is 0.0101. The number of phenolic OH excluding ortho intramolecular Hbond substituents is 1. The van der Waals surface area contributed by atoms with Crippen molar-refractivity contribution < 1.29 is 58.5 Å². The summed E-state index contributed by atoms with van der Waals surface area (Å²) in [5.74, 6) is -9.44. The summed E-state index contributed by atoms with van der Waals surface area (Å²) in [6.45, 7) is 6.98. The van der Waals surface area contributed by atoms with Gasteiger partial charge >= 0.3 is 11.9 Å². The molecule has 4 rings (SSSR count). The van der Waals surface area contributed by atoms with Gasteiger partial charge in [0.15, 0.2) is 5.96 Å². The second kappa shape index (κ2) is 29.3. The minimum Gasteiger partial charge on any atom is -0.508 e. The quantitative estimate of drug-likeness (QED) is 0.0248. The van der Waals surface area contributed by atoms with Gasteiger partial charge in [0.2, 0.25) is 41.4 Å². The Hall–Kier alpha value is -7.60. The van der Waals surface area contributed by atoms with Crippen LogP contribution in [0.5, 0.6) is 5.75 Å². The number of hydrogen-bond acceptors (Lipinski definition) is 13. The minimum atomic E-state index is -1.51. The first-order valence-electron chi connectivity index (χ1n) is 24.8. The van der Waals surface area contributed by atoms with Crippen molar-refractivity contribution in [3.63, 3.8) is 0 Å². The summed E-state index contributed by atoms with van der Waals surface area (Å²) in [4.78, 5) is 127. The Morgan fingerprint density at radius 2 is 1.29 bits per heavy atom. The number of likely N-dealkylation sites (tertiary alicyclic amines) is 1. The van der Waals surface area contributed by atoms with Crippen molar-refractivity contribution in [2.24, 2.45) is 34.0 Å². The van der Waals surface area contributed by atoms with Gasteiger partial charge in [0.25, 0.3) is 0 Å². The van der Waals surface area contributed by atoms with Gasteiger partial charge in [0.05, 0.1) is 12.5 Å². The number of carboxylic acid groups (broad SMARTS) is 2. The summed E-state index contributed by atoms with van der Waals surface area (Å²) in [6, 6.07) is 6.00. The highest BCUT2D eigenvalue weighted by molar-refractivity contribution is 7.07. The van der Waals surface area contributed by atoms with Gasteiger partial charge in [-0.15, -0.1) is 0 Å². The number of carbonyl (C=O) groups excluding carboxylic acids is 7. The second-order valence-electron chi connectivity index (χ2n) is 18.9. The van der Waals surface area contributed by atoms with Crippen molar-refractivity contribution in [1.82, 2.24) is 36.8 Å². The molecule has 15 N–H and O–H groups in total. The molecule has 0 spiro atoms. The third kappa shape index (κ3) is 19.0. The Balaban J connectivity index is 1.59. The molecule has 2 aromatic carbocycles. The van der Waals surface area contributed by atoms with Crippen molar-refractivity contribution >= 4 is 70.6 Å². The molecule has 3 aromatic rings. The van der Waals surface area contributed by atoms with E-state index >= 15 is 0 Å². The zero-order valence-corrected chi connectivity index (χ0v) is 43.3. The van der Waals surface area contributed by atoms with Gasteiger partial charge in [-0.25, -0.2) is 4.79 Å². The zero-order chi connectivity index (χ0) is 55.4. The number of carboxylic acids is 2. The molecule has 1 fully saturated rings. The predicted molar refractivity (Wildman–Crippen MR) is 278 cm³/mol. The largest absolute Gasteiger partial charge is 0.508 e. The van der Waals surface area contributed by atoms with Crippen LogP contribution in [0.4, 0.5) is 0 Å². The molecule has 23 nitrogen and oxygen atoms in total. The number of aromatic hydroxyl groups is 1. The monoisotopic (exact) mass is 1060 g/mol. The normalized spacial score (nSPS) is 16.3. The molecule has 408 valence electrons. The second-order valence-corrected chi connectivity index (χ2v) is 19.7. The summed E-state index contributed by atoms with van der Waals surface area (Å²) in [7, 11) is 0. The molecule has 1 aromatic heterocycles. The first kappa shape index (κ1) is 60.0. The van der Waals surface area contributed by atoms with Crippen molar-refractivity contribution in [3.8, 4) is 5.75 Å². The molecule has 7 amide bonds. The first-order valence-corrected chi connectivity index (χ1v) is 25.7. The van der Waals surface area contributed by atoms with Gasteiger partial charge in [-0.1, -0.05) is 76.6 Å². The van der Waals surface area contributed by atoms with Gasteiger partial charge in [-0.3, -0.25) is 43.3 Å². The lowest BCUT2D eigenvalue weighted by Gasteiger charge is -2.32. The van der Waals surface area contributed by atoms with E-state index in [2.05, 4.69) is 36.9 Å². The smallest absolute Gasteiger partial charge is 0.326 e. The van der Waals surface area contributed by atoms with E-state index in [0.717, 1.165) is 0 Å². The molecule has 0 bridgehead atoms. The van der Waals surface area contributed by atoms with Gasteiger partial charge in [-0.05, 0) is 83.2 Å². The van der Waals surface area contributed by atoms with Crippen LogP contribution in [-0.2, 0) is 62.4 Å². The Bertz CT molecular complexity index is 2460. The van der Waals surface area contributed by atoms with E-state index in [9.17, 15) is 58.5 Å². The summed E-state index contributed by atoms with van der Waals surface area (Å²) in [5.41, 5.74) is 18.5. The van der Waals surface area contributed by atoms with Crippen LogP contribution >= 0.6 is 11.3 Å². The summed E-state index contributed by atoms with van der Waals surface area (Å²) in [5, 5.41) is 48.9. The highest BCUT2D eigenvalue weighted by Gasteiger charge is 2.41. The van der Waals surface area contributed by atoms with E-state index in [-0.39, 0.29) is 63.3 Å². The van der Waals surface area contributed by atoms with Gasteiger partial charge in [0.1, 0.15) is 48.0 Å². The van der Waals surface area contributed by atoms with Gasteiger partial charge in [-0.2, -0.15) is 11.3 Å². The van der Waals surface area contributed by atoms with Crippen LogP contribution in [-0.4, -0.2) is 141 Å². The van der Waals surface area contributed by atoms with Crippen molar-refractivity contribution in [1.29, 1.82) is 0 Å². The van der Waals surface area contributed by atoms with Crippen LogP contribution in [0.15, 0.2) is 76.4 Å². The summed E-state index contributed by atoms with van der Waals surface area (Å²) in [6.07, 6.45) is 0.301. The molecule has 1 saturated heterocycles.